The van der Waals surface area contributed by atoms with Crippen molar-refractivity contribution in [2.45, 2.75) is 25.9 Å². The Morgan fingerprint density at radius 1 is 0.964 bits per heavy atom. The molecule has 2 aromatic heterocycles. The second-order valence-corrected chi connectivity index (χ2v) is 7.20. The average molecular weight is 371 g/mol. The zero-order valence-corrected chi connectivity index (χ0v) is 16.1. The van der Waals surface area contributed by atoms with Crippen molar-refractivity contribution >= 4 is 10.9 Å². The van der Waals surface area contributed by atoms with Crippen LogP contribution >= 0.6 is 0 Å². The number of hydrogen-bond acceptors (Lipinski definition) is 2. The number of nitrogens with zero attached hydrogens (tertiary/aromatic N) is 1. The summed E-state index contributed by atoms with van der Waals surface area (Å²) in [6.45, 7) is 3.76. The van der Waals surface area contributed by atoms with E-state index in [2.05, 4.69) is 75.8 Å². The number of aryl methyl sites for hydroxylation is 2. The fourth-order valence-electron chi connectivity index (χ4n) is 3.61. The van der Waals surface area contributed by atoms with Crippen molar-refractivity contribution in [1.29, 1.82) is 0 Å². The van der Waals surface area contributed by atoms with E-state index in [1.165, 1.54) is 11.1 Å². The summed E-state index contributed by atoms with van der Waals surface area (Å²) in [7, 11) is 0. The van der Waals surface area contributed by atoms with Crippen molar-refractivity contribution in [2.75, 3.05) is 6.54 Å². The van der Waals surface area contributed by atoms with Crippen LogP contribution in [-0.4, -0.2) is 16.1 Å². The fraction of sp³-hybridized carbons (Fsp3) is 0.208. The van der Waals surface area contributed by atoms with Crippen molar-refractivity contribution in [3.8, 4) is 0 Å². The van der Waals surface area contributed by atoms with E-state index in [4.69, 9.17) is 0 Å². The van der Waals surface area contributed by atoms with Gasteiger partial charge in [-0.05, 0) is 66.7 Å². The van der Waals surface area contributed by atoms with Gasteiger partial charge in [0.25, 0.3) is 5.56 Å². The molecule has 142 valence electrons. The van der Waals surface area contributed by atoms with E-state index < -0.39 is 0 Å². The molecule has 0 aliphatic heterocycles. The molecule has 4 rings (SSSR count). The minimum absolute atomic E-state index is 0.0250. The summed E-state index contributed by atoms with van der Waals surface area (Å²) in [6, 6.07) is 23.0. The van der Waals surface area contributed by atoms with Gasteiger partial charge in [-0.15, -0.1) is 0 Å². The van der Waals surface area contributed by atoms with Gasteiger partial charge in [0, 0.05) is 30.0 Å². The van der Waals surface area contributed by atoms with E-state index in [-0.39, 0.29) is 11.6 Å². The molecule has 0 fully saturated rings. The number of aromatic amines is 1. The van der Waals surface area contributed by atoms with E-state index in [0.717, 1.165) is 36.0 Å². The molecule has 2 aromatic carbocycles. The Kier molecular flexibility index (Phi) is 5.40. The van der Waals surface area contributed by atoms with Gasteiger partial charge in [0.2, 0.25) is 0 Å². The maximum atomic E-state index is 11.9. The highest BCUT2D eigenvalue weighted by Gasteiger charge is 2.14. The summed E-state index contributed by atoms with van der Waals surface area (Å²) in [6.07, 6.45) is 5.25. The Morgan fingerprint density at radius 2 is 1.75 bits per heavy atom. The molecule has 28 heavy (non-hydrogen) atoms. The number of hydrogen-bond donors (Lipinski definition) is 2. The third-order valence-corrected chi connectivity index (χ3v) is 5.13. The lowest BCUT2D eigenvalue weighted by atomic mass is 9.97. The van der Waals surface area contributed by atoms with E-state index >= 15 is 0 Å². The molecule has 0 radical (unpaired) electrons. The Labute approximate surface area is 164 Å². The molecule has 0 bridgehead atoms. The summed E-state index contributed by atoms with van der Waals surface area (Å²) in [4.78, 5) is 14.8. The molecule has 0 aliphatic rings. The predicted molar refractivity (Wildman–Crippen MR) is 115 cm³/mol. The van der Waals surface area contributed by atoms with Crippen LogP contribution in [0.2, 0.25) is 0 Å². The van der Waals surface area contributed by atoms with Gasteiger partial charge in [-0.25, -0.2) is 0 Å². The van der Waals surface area contributed by atoms with E-state index in [1.54, 1.807) is 0 Å². The number of nitrogens with one attached hydrogen (secondary N) is 2. The van der Waals surface area contributed by atoms with Crippen LogP contribution < -0.4 is 10.9 Å². The van der Waals surface area contributed by atoms with Crippen molar-refractivity contribution in [3.63, 3.8) is 0 Å². The summed E-state index contributed by atoms with van der Waals surface area (Å²) < 4.78 is 2.20. The second kappa shape index (κ2) is 8.28. The van der Waals surface area contributed by atoms with Crippen LogP contribution in [0.1, 0.15) is 29.2 Å². The summed E-state index contributed by atoms with van der Waals surface area (Å²) in [5.41, 5.74) is 4.03. The first-order chi connectivity index (χ1) is 13.7. The quantitative estimate of drug-likeness (QED) is 0.473. The minimum atomic E-state index is -0.0250. The summed E-state index contributed by atoms with van der Waals surface area (Å²) in [5.74, 6) is 0. The first-order valence-electron chi connectivity index (χ1n) is 9.73. The molecule has 1 unspecified atom stereocenters. The monoisotopic (exact) mass is 371 g/mol. The minimum Gasteiger partial charge on any atom is -0.354 e. The number of benzene rings is 2. The van der Waals surface area contributed by atoms with Gasteiger partial charge in [-0.2, -0.15) is 0 Å². The van der Waals surface area contributed by atoms with Crippen molar-refractivity contribution in [3.05, 3.63) is 106 Å². The molecule has 0 amide bonds. The Morgan fingerprint density at radius 3 is 2.54 bits per heavy atom. The highest BCUT2D eigenvalue weighted by Crippen LogP contribution is 2.25. The molecule has 0 aliphatic carbocycles. The van der Waals surface area contributed by atoms with Crippen LogP contribution in [-0.2, 0) is 6.54 Å². The number of aromatic nitrogens is 2. The molecule has 4 heteroatoms. The van der Waals surface area contributed by atoms with Gasteiger partial charge >= 0.3 is 0 Å². The van der Waals surface area contributed by atoms with Crippen LogP contribution in [0, 0.1) is 6.92 Å². The topological polar surface area (TPSA) is 49.8 Å². The number of fused-ring (bicyclic) bond motifs is 1. The SMILES string of the molecule is Cc1cc2cc(C(NCCCn3cccc3)c3ccccc3)ccc2[nH]c1=O. The Bertz CT molecular complexity index is 1100. The number of rotatable bonds is 7. The van der Waals surface area contributed by atoms with Gasteiger partial charge < -0.3 is 14.9 Å². The van der Waals surface area contributed by atoms with Crippen molar-refractivity contribution in [1.82, 2.24) is 14.9 Å². The lowest BCUT2D eigenvalue weighted by Gasteiger charge is -2.20. The molecule has 1 atom stereocenters. The second-order valence-electron chi connectivity index (χ2n) is 7.20. The zero-order valence-electron chi connectivity index (χ0n) is 16.1. The summed E-state index contributed by atoms with van der Waals surface area (Å²) in [5, 5.41) is 4.78. The van der Waals surface area contributed by atoms with Gasteiger partial charge in [-0.3, -0.25) is 4.79 Å². The standard InChI is InChI=1S/C24H25N3O/c1-18-16-21-17-20(10-11-22(21)26-24(18)28)23(19-8-3-2-4-9-19)25-12-7-15-27-13-5-6-14-27/h2-6,8-11,13-14,16-17,23,25H,7,12,15H2,1H3,(H,26,28). The highest BCUT2D eigenvalue weighted by atomic mass is 16.1. The average Bonchev–Trinajstić information content (AvgIpc) is 3.23. The van der Waals surface area contributed by atoms with Crippen molar-refractivity contribution < 1.29 is 0 Å². The van der Waals surface area contributed by atoms with Crippen LogP contribution in [0.5, 0.6) is 0 Å². The summed E-state index contributed by atoms with van der Waals surface area (Å²) >= 11 is 0. The fourth-order valence-corrected chi connectivity index (χ4v) is 3.61. The lowest BCUT2D eigenvalue weighted by molar-refractivity contribution is 0.545. The maximum Gasteiger partial charge on any atom is 0.251 e. The number of H-pyrrole nitrogens is 1. The van der Waals surface area contributed by atoms with Crippen molar-refractivity contribution in [2.24, 2.45) is 0 Å². The molecule has 4 aromatic rings. The molecule has 4 nitrogen and oxygen atoms in total. The lowest BCUT2D eigenvalue weighted by Crippen LogP contribution is -2.24. The normalized spacial score (nSPS) is 12.3. The smallest absolute Gasteiger partial charge is 0.251 e. The van der Waals surface area contributed by atoms with E-state index in [0.29, 0.717) is 0 Å². The van der Waals surface area contributed by atoms with Gasteiger partial charge in [-0.1, -0.05) is 36.4 Å². The van der Waals surface area contributed by atoms with Crippen LogP contribution in [0.25, 0.3) is 10.9 Å². The largest absolute Gasteiger partial charge is 0.354 e. The van der Waals surface area contributed by atoms with Gasteiger partial charge in [0.15, 0.2) is 0 Å². The van der Waals surface area contributed by atoms with Gasteiger partial charge in [0.1, 0.15) is 0 Å². The molecular weight excluding hydrogens is 346 g/mol. The molecule has 0 spiro atoms. The number of pyridine rings is 1. The molecule has 2 heterocycles. The predicted octanol–water partition coefficient (Wildman–Crippen LogP) is 4.41. The first-order valence-corrected chi connectivity index (χ1v) is 9.73. The zero-order chi connectivity index (χ0) is 19.3. The Balaban J connectivity index is 1.58. The molecule has 0 saturated heterocycles. The molecule has 0 saturated carbocycles. The molecular formula is C24H25N3O. The van der Waals surface area contributed by atoms with E-state index in [9.17, 15) is 4.79 Å². The first kappa shape index (κ1) is 18.3. The highest BCUT2D eigenvalue weighted by molar-refractivity contribution is 5.80. The Hall–Kier alpha value is -3.11. The maximum absolute atomic E-state index is 11.9. The van der Waals surface area contributed by atoms with Gasteiger partial charge in [0.05, 0.1) is 6.04 Å². The molecule has 2 N–H and O–H groups in total. The third-order valence-electron chi connectivity index (χ3n) is 5.13. The van der Waals surface area contributed by atoms with Crippen LogP contribution in [0.3, 0.4) is 0 Å². The van der Waals surface area contributed by atoms with E-state index in [1.807, 2.05) is 25.1 Å². The third kappa shape index (κ3) is 4.07. The van der Waals surface area contributed by atoms with Crippen LogP contribution in [0.15, 0.2) is 83.9 Å². The van der Waals surface area contributed by atoms with Crippen LogP contribution in [0.4, 0.5) is 0 Å².